The number of halogens is 2. The van der Waals surface area contributed by atoms with Gasteiger partial charge in [-0.3, -0.25) is 4.79 Å². The number of nitrogens with zero attached hydrogens (tertiary/aromatic N) is 2. The third-order valence-electron chi connectivity index (χ3n) is 4.56. The van der Waals surface area contributed by atoms with Gasteiger partial charge in [-0.25, -0.2) is 4.98 Å². The Kier molecular flexibility index (Phi) is 6.54. The molecule has 2 aliphatic rings. The van der Waals surface area contributed by atoms with Gasteiger partial charge in [-0.2, -0.15) is 0 Å². The fraction of sp³-hybridized carbons (Fsp3) is 0.412. The number of carbonyl (C=O) groups excluding carboxylic acids is 1. The van der Waals surface area contributed by atoms with Gasteiger partial charge in [0.15, 0.2) is 5.13 Å². The molecule has 4 rings (SSSR count). The molecule has 3 N–H and O–H groups in total. The number of rotatable bonds is 3. The summed E-state index contributed by atoms with van der Waals surface area (Å²) >= 11 is 1.62. The Hall–Kier alpha value is -1.50. The molecule has 1 aliphatic carbocycles. The molecule has 25 heavy (non-hydrogen) atoms. The molecule has 0 atom stereocenters. The highest BCUT2D eigenvalue weighted by Crippen LogP contribution is 2.32. The summed E-state index contributed by atoms with van der Waals surface area (Å²) in [6.45, 7) is 1.24. The summed E-state index contributed by atoms with van der Waals surface area (Å²) in [7, 11) is 0. The van der Waals surface area contributed by atoms with E-state index in [-0.39, 0.29) is 30.7 Å². The fourth-order valence-corrected chi connectivity index (χ4v) is 4.53. The smallest absolute Gasteiger partial charge is 0.245 e. The second-order valence-corrected chi connectivity index (χ2v) is 7.24. The lowest BCUT2D eigenvalue weighted by molar-refractivity contribution is -0.115. The van der Waals surface area contributed by atoms with E-state index in [0.29, 0.717) is 6.54 Å². The first kappa shape index (κ1) is 19.8. The van der Waals surface area contributed by atoms with Gasteiger partial charge < -0.3 is 16.0 Å². The number of thiazole rings is 1. The molecule has 136 valence electrons. The van der Waals surface area contributed by atoms with Crippen molar-refractivity contribution in [2.45, 2.75) is 32.1 Å². The van der Waals surface area contributed by atoms with Gasteiger partial charge >= 0.3 is 0 Å². The molecule has 1 amide bonds. The third kappa shape index (κ3) is 4.02. The van der Waals surface area contributed by atoms with Crippen molar-refractivity contribution in [3.63, 3.8) is 0 Å². The Morgan fingerprint density at radius 2 is 2.08 bits per heavy atom. The number of amides is 1. The van der Waals surface area contributed by atoms with E-state index < -0.39 is 0 Å². The van der Waals surface area contributed by atoms with Crippen LogP contribution in [0.3, 0.4) is 0 Å². The van der Waals surface area contributed by atoms with E-state index >= 15 is 0 Å². The molecule has 0 saturated carbocycles. The standard InChI is InChI=1S/C17H20N4OS.2ClH/c18-12-5-1-7-14-11(12)4-3-9-21(14)10-16(22)20-17-19-13-6-2-8-15(13)23-17;;/h1,5,7H,2-4,6,8-10,18H2,(H,19,20,22);2*1H. The van der Waals surface area contributed by atoms with Crippen molar-refractivity contribution in [2.24, 2.45) is 0 Å². The van der Waals surface area contributed by atoms with Crippen LogP contribution in [0.1, 0.15) is 29.0 Å². The molecular weight excluding hydrogens is 379 g/mol. The number of fused-ring (bicyclic) bond motifs is 2. The maximum Gasteiger partial charge on any atom is 0.245 e. The predicted molar refractivity (Wildman–Crippen MR) is 109 cm³/mol. The van der Waals surface area contributed by atoms with Crippen molar-refractivity contribution >= 4 is 58.6 Å². The van der Waals surface area contributed by atoms with Gasteiger partial charge in [0.05, 0.1) is 12.2 Å². The molecule has 1 aliphatic heterocycles. The number of nitrogens with two attached hydrogens (primary N) is 1. The highest BCUT2D eigenvalue weighted by atomic mass is 35.5. The Morgan fingerprint density at radius 3 is 2.88 bits per heavy atom. The van der Waals surface area contributed by atoms with Crippen LogP contribution in [-0.2, 0) is 24.1 Å². The minimum atomic E-state index is -0.00676. The fourth-order valence-electron chi connectivity index (χ4n) is 3.47. The largest absolute Gasteiger partial charge is 0.398 e. The molecule has 0 bridgehead atoms. The second kappa shape index (κ2) is 8.25. The molecule has 2 heterocycles. The number of aryl methyl sites for hydroxylation is 2. The first-order valence-corrected chi connectivity index (χ1v) is 8.93. The van der Waals surface area contributed by atoms with Crippen LogP contribution in [0.4, 0.5) is 16.5 Å². The molecule has 0 spiro atoms. The van der Waals surface area contributed by atoms with E-state index in [1.54, 1.807) is 11.3 Å². The van der Waals surface area contributed by atoms with Gasteiger partial charge in [0.2, 0.25) is 5.91 Å². The van der Waals surface area contributed by atoms with Gasteiger partial charge in [-0.1, -0.05) is 6.07 Å². The normalized spacial score (nSPS) is 14.8. The molecule has 5 nitrogen and oxygen atoms in total. The van der Waals surface area contributed by atoms with Crippen LogP contribution in [0.25, 0.3) is 0 Å². The average Bonchev–Trinajstić information content (AvgIpc) is 3.09. The summed E-state index contributed by atoms with van der Waals surface area (Å²) < 4.78 is 0. The summed E-state index contributed by atoms with van der Waals surface area (Å²) in [6.07, 6.45) is 5.34. The lowest BCUT2D eigenvalue weighted by atomic mass is 10.00. The van der Waals surface area contributed by atoms with Crippen LogP contribution >= 0.6 is 36.2 Å². The van der Waals surface area contributed by atoms with Crippen LogP contribution in [0, 0.1) is 0 Å². The van der Waals surface area contributed by atoms with Crippen LogP contribution < -0.4 is 16.0 Å². The first-order valence-electron chi connectivity index (χ1n) is 8.11. The van der Waals surface area contributed by atoms with Crippen molar-refractivity contribution < 1.29 is 4.79 Å². The molecule has 0 saturated heterocycles. The number of nitrogen functional groups attached to an aromatic ring is 1. The van der Waals surface area contributed by atoms with Gasteiger partial charge in [0.1, 0.15) is 0 Å². The highest BCUT2D eigenvalue weighted by Gasteiger charge is 2.22. The van der Waals surface area contributed by atoms with E-state index in [4.69, 9.17) is 5.73 Å². The number of benzene rings is 1. The van der Waals surface area contributed by atoms with Crippen LogP contribution in [-0.4, -0.2) is 24.0 Å². The van der Waals surface area contributed by atoms with E-state index in [0.717, 1.165) is 48.7 Å². The summed E-state index contributed by atoms with van der Waals surface area (Å²) in [5.41, 5.74) is 10.3. The lowest BCUT2D eigenvalue weighted by Crippen LogP contribution is -2.37. The zero-order valence-electron chi connectivity index (χ0n) is 13.8. The van der Waals surface area contributed by atoms with Gasteiger partial charge in [-0.05, 0) is 49.8 Å². The minimum absolute atomic E-state index is 0. The maximum atomic E-state index is 12.4. The zero-order chi connectivity index (χ0) is 15.8. The summed E-state index contributed by atoms with van der Waals surface area (Å²) in [6, 6.07) is 5.94. The number of hydrogen-bond acceptors (Lipinski definition) is 5. The van der Waals surface area contributed by atoms with Crippen molar-refractivity contribution in [2.75, 3.05) is 29.0 Å². The van der Waals surface area contributed by atoms with Crippen molar-refractivity contribution in [1.82, 2.24) is 4.98 Å². The Labute approximate surface area is 163 Å². The molecule has 0 radical (unpaired) electrons. The summed E-state index contributed by atoms with van der Waals surface area (Å²) in [5.74, 6) is -0.00676. The minimum Gasteiger partial charge on any atom is -0.398 e. The van der Waals surface area contributed by atoms with Crippen molar-refractivity contribution in [3.8, 4) is 0 Å². The van der Waals surface area contributed by atoms with Gasteiger partial charge in [0.25, 0.3) is 0 Å². The lowest BCUT2D eigenvalue weighted by Gasteiger charge is -2.31. The van der Waals surface area contributed by atoms with E-state index in [2.05, 4.69) is 21.3 Å². The molecule has 0 fully saturated rings. The SMILES string of the molecule is Cl.Cl.Nc1cccc2c1CCCN2CC(=O)Nc1nc2c(s1)CCC2. The number of nitrogens with one attached hydrogen (secondary N) is 1. The molecule has 1 aromatic heterocycles. The Balaban J connectivity index is 0.00000113. The summed E-state index contributed by atoms with van der Waals surface area (Å²) in [5, 5.41) is 3.70. The monoisotopic (exact) mass is 400 g/mol. The van der Waals surface area contributed by atoms with Gasteiger partial charge in [0, 0.05) is 22.8 Å². The second-order valence-electron chi connectivity index (χ2n) is 6.16. The number of hydrogen-bond donors (Lipinski definition) is 2. The molecule has 0 unspecified atom stereocenters. The summed E-state index contributed by atoms with van der Waals surface area (Å²) in [4.78, 5) is 20.4. The van der Waals surface area contributed by atoms with Gasteiger partial charge in [-0.15, -0.1) is 36.2 Å². The number of carbonyl (C=O) groups is 1. The third-order valence-corrected chi connectivity index (χ3v) is 5.63. The Bertz CT molecular complexity index is 744. The van der Waals surface area contributed by atoms with E-state index in [9.17, 15) is 4.79 Å². The number of aromatic nitrogens is 1. The molecular formula is C17H22Cl2N4OS. The zero-order valence-corrected chi connectivity index (χ0v) is 16.2. The average molecular weight is 401 g/mol. The van der Waals surface area contributed by atoms with E-state index in [1.807, 2.05) is 12.1 Å². The van der Waals surface area contributed by atoms with Crippen LogP contribution in [0.5, 0.6) is 0 Å². The first-order chi connectivity index (χ1) is 11.2. The molecule has 1 aromatic carbocycles. The molecule has 8 heteroatoms. The van der Waals surface area contributed by atoms with Crippen LogP contribution in [0.2, 0.25) is 0 Å². The molecule has 2 aromatic rings. The van der Waals surface area contributed by atoms with Crippen molar-refractivity contribution in [1.29, 1.82) is 0 Å². The maximum absolute atomic E-state index is 12.4. The Morgan fingerprint density at radius 1 is 1.24 bits per heavy atom. The topological polar surface area (TPSA) is 71.2 Å². The highest BCUT2D eigenvalue weighted by molar-refractivity contribution is 7.15. The predicted octanol–water partition coefficient (Wildman–Crippen LogP) is 3.45. The van der Waals surface area contributed by atoms with Crippen molar-refractivity contribution in [3.05, 3.63) is 34.3 Å². The van der Waals surface area contributed by atoms with E-state index in [1.165, 1.54) is 22.6 Å². The van der Waals surface area contributed by atoms with Crippen LogP contribution in [0.15, 0.2) is 18.2 Å². The quantitative estimate of drug-likeness (QED) is 0.773. The number of anilines is 3.